The Balaban J connectivity index is 2.93. The van der Waals surface area contributed by atoms with Crippen LogP contribution in [0, 0.1) is 5.92 Å². The van der Waals surface area contributed by atoms with E-state index in [1.165, 1.54) is 6.07 Å². The predicted molar refractivity (Wildman–Crippen MR) is 73.2 cm³/mol. The minimum atomic E-state index is -3.52. The Kier molecular flexibility index (Phi) is 4.97. The van der Waals surface area contributed by atoms with Gasteiger partial charge in [-0.05, 0) is 24.1 Å². The van der Waals surface area contributed by atoms with Gasteiger partial charge in [-0.15, -0.1) is 0 Å². The monoisotopic (exact) mass is 320 g/mol. The summed E-state index contributed by atoms with van der Waals surface area (Å²) < 4.78 is 27.3. The molecule has 0 amide bonds. The van der Waals surface area contributed by atoms with Gasteiger partial charge in [0.2, 0.25) is 10.0 Å². The lowest BCUT2D eigenvalue weighted by Gasteiger charge is -2.12. The van der Waals surface area contributed by atoms with Gasteiger partial charge in [0.05, 0.1) is 5.69 Å². The van der Waals surface area contributed by atoms with Crippen LogP contribution in [0.15, 0.2) is 27.6 Å². The molecule has 3 N–H and O–H groups in total. The van der Waals surface area contributed by atoms with E-state index in [2.05, 4.69) is 20.7 Å². The topological polar surface area (TPSA) is 72.2 Å². The minimum Gasteiger partial charge on any atom is -0.398 e. The van der Waals surface area contributed by atoms with Crippen molar-refractivity contribution in [1.29, 1.82) is 0 Å². The fourth-order valence-electron chi connectivity index (χ4n) is 1.21. The van der Waals surface area contributed by atoms with Gasteiger partial charge >= 0.3 is 0 Å². The molecule has 1 unspecified atom stereocenters. The van der Waals surface area contributed by atoms with Crippen molar-refractivity contribution < 1.29 is 8.42 Å². The van der Waals surface area contributed by atoms with E-state index in [0.717, 1.165) is 6.42 Å². The molecule has 6 heteroatoms. The molecule has 96 valence electrons. The number of hydrogen-bond acceptors (Lipinski definition) is 3. The molecule has 0 radical (unpaired) electrons. The van der Waals surface area contributed by atoms with E-state index < -0.39 is 10.0 Å². The van der Waals surface area contributed by atoms with Crippen molar-refractivity contribution >= 4 is 31.6 Å². The van der Waals surface area contributed by atoms with Gasteiger partial charge in [-0.1, -0.05) is 36.2 Å². The molecule has 0 aliphatic carbocycles. The van der Waals surface area contributed by atoms with Crippen LogP contribution < -0.4 is 10.5 Å². The number of nitrogens with one attached hydrogen (secondary N) is 1. The van der Waals surface area contributed by atoms with Crippen molar-refractivity contribution in [3.05, 3.63) is 22.7 Å². The maximum atomic E-state index is 12.0. The van der Waals surface area contributed by atoms with Crippen LogP contribution in [0.2, 0.25) is 0 Å². The van der Waals surface area contributed by atoms with Gasteiger partial charge in [0, 0.05) is 11.0 Å². The van der Waals surface area contributed by atoms with Gasteiger partial charge in [-0.2, -0.15) is 0 Å². The zero-order valence-corrected chi connectivity index (χ0v) is 12.3. The summed E-state index contributed by atoms with van der Waals surface area (Å²) in [5, 5.41) is 0. The number of nitrogen functional groups attached to an aromatic ring is 1. The summed E-state index contributed by atoms with van der Waals surface area (Å²) in [4.78, 5) is 0.121. The van der Waals surface area contributed by atoms with E-state index in [0.29, 0.717) is 16.9 Å². The predicted octanol–water partition coefficient (Wildman–Crippen LogP) is 2.36. The Labute approximate surface area is 111 Å². The zero-order chi connectivity index (χ0) is 13.1. The molecule has 0 saturated carbocycles. The molecule has 0 aromatic heterocycles. The van der Waals surface area contributed by atoms with E-state index in [1.54, 1.807) is 12.1 Å². The highest BCUT2D eigenvalue weighted by atomic mass is 79.9. The molecule has 0 spiro atoms. The van der Waals surface area contributed by atoms with Crippen molar-refractivity contribution in [2.75, 3.05) is 12.3 Å². The van der Waals surface area contributed by atoms with E-state index in [1.807, 2.05) is 13.8 Å². The highest BCUT2D eigenvalue weighted by Crippen LogP contribution is 2.22. The fourth-order valence-corrected chi connectivity index (χ4v) is 3.05. The Morgan fingerprint density at radius 1 is 1.47 bits per heavy atom. The number of hydrogen-bond donors (Lipinski definition) is 2. The third kappa shape index (κ3) is 3.97. The average Bonchev–Trinajstić information content (AvgIpc) is 2.29. The summed E-state index contributed by atoms with van der Waals surface area (Å²) >= 11 is 3.23. The molecule has 1 rings (SSSR count). The summed E-state index contributed by atoms with van der Waals surface area (Å²) in [5.41, 5.74) is 5.93. The lowest BCUT2D eigenvalue weighted by atomic mass is 10.1. The lowest BCUT2D eigenvalue weighted by molar-refractivity contribution is 0.528. The first kappa shape index (κ1) is 14.5. The Bertz CT molecular complexity index is 488. The van der Waals surface area contributed by atoms with Crippen LogP contribution in [-0.4, -0.2) is 15.0 Å². The summed E-state index contributed by atoms with van der Waals surface area (Å²) in [5.74, 6) is 0.304. The molecule has 1 aromatic rings. The standard InChI is InChI=1S/C11H17BrN2O2S/c1-3-8(2)7-14-17(15,16)11-6-9(12)4-5-10(11)13/h4-6,8,14H,3,7,13H2,1-2H3. The number of sulfonamides is 1. The van der Waals surface area contributed by atoms with Crippen molar-refractivity contribution in [2.45, 2.75) is 25.2 Å². The van der Waals surface area contributed by atoms with Gasteiger partial charge < -0.3 is 5.73 Å². The summed E-state index contributed by atoms with van der Waals surface area (Å²) in [6, 6.07) is 4.79. The highest BCUT2D eigenvalue weighted by molar-refractivity contribution is 9.10. The molecule has 0 fully saturated rings. The van der Waals surface area contributed by atoms with Gasteiger partial charge in [0.15, 0.2) is 0 Å². The maximum Gasteiger partial charge on any atom is 0.242 e. The van der Waals surface area contributed by atoms with Crippen LogP contribution in [0.25, 0.3) is 0 Å². The average molecular weight is 321 g/mol. The summed E-state index contributed by atoms with van der Waals surface area (Å²) in [6.45, 7) is 4.43. The summed E-state index contributed by atoms with van der Waals surface area (Å²) in [6.07, 6.45) is 0.927. The molecule has 0 aliphatic rings. The first-order valence-electron chi connectivity index (χ1n) is 5.41. The quantitative estimate of drug-likeness (QED) is 0.818. The van der Waals surface area contributed by atoms with E-state index >= 15 is 0 Å². The number of halogens is 1. The minimum absolute atomic E-state index is 0.121. The van der Waals surface area contributed by atoms with E-state index in [4.69, 9.17) is 5.73 Å². The van der Waals surface area contributed by atoms with Crippen LogP contribution in [0.5, 0.6) is 0 Å². The molecule has 0 aliphatic heterocycles. The molecule has 0 bridgehead atoms. The smallest absolute Gasteiger partial charge is 0.242 e. The fraction of sp³-hybridized carbons (Fsp3) is 0.455. The van der Waals surface area contributed by atoms with Crippen molar-refractivity contribution in [2.24, 2.45) is 5.92 Å². The molecule has 0 heterocycles. The SMILES string of the molecule is CCC(C)CNS(=O)(=O)c1cc(Br)ccc1N. The number of nitrogens with two attached hydrogens (primary N) is 1. The first-order valence-corrected chi connectivity index (χ1v) is 7.69. The van der Waals surface area contributed by atoms with Gasteiger partial charge in [-0.25, -0.2) is 13.1 Å². The van der Waals surface area contributed by atoms with Crippen LogP contribution in [0.1, 0.15) is 20.3 Å². The number of benzene rings is 1. The largest absolute Gasteiger partial charge is 0.398 e. The Morgan fingerprint density at radius 2 is 2.12 bits per heavy atom. The molecular weight excluding hydrogens is 304 g/mol. The number of rotatable bonds is 5. The van der Waals surface area contributed by atoms with Gasteiger partial charge in [-0.3, -0.25) is 0 Å². The maximum absolute atomic E-state index is 12.0. The Morgan fingerprint density at radius 3 is 2.71 bits per heavy atom. The summed E-state index contributed by atoms with van der Waals surface area (Å²) in [7, 11) is -3.52. The number of anilines is 1. The molecule has 1 aromatic carbocycles. The second kappa shape index (κ2) is 5.84. The van der Waals surface area contributed by atoms with Gasteiger partial charge in [0.1, 0.15) is 4.90 Å². The van der Waals surface area contributed by atoms with Crippen LogP contribution in [-0.2, 0) is 10.0 Å². The third-order valence-electron chi connectivity index (χ3n) is 2.58. The molecule has 0 saturated heterocycles. The second-order valence-corrected chi connectivity index (χ2v) is 6.70. The van der Waals surface area contributed by atoms with Crippen LogP contribution in [0.4, 0.5) is 5.69 Å². The van der Waals surface area contributed by atoms with Crippen molar-refractivity contribution in [1.82, 2.24) is 4.72 Å². The lowest BCUT2D eigenvalue weighted by Crippen LogP contribution is -2.28. The van der Waals surface area contributed by atoms with Crippen LogP contribution >= 0.6 is 15.9 Å². The molecule has 1 atom stereocenters. The molecular formula is C11H17BrN2O2S. The van der Waals surface area contributed by atoms with E-state index in [-0.39, 0.29) is 10.6 Å². The molecule has 17 heavy (non-hydrogen) atoms. The first-order chi connectivity index (χ1) is 7.86. The van der Waals surface area contributed by atoms with Crippen molar-refractivity contribution in [3.8, 4) is 0 Å². The zero-order valence-electron chi connectivity index (χ0n) is 9.90. The molecule has 4 nitrogen and oxygen atoms in total. The Hall–Kier alpha value is -0.590. The van der Waals surface area contributed by atoms with E-state index in [9.17, 15) is 8.42 Å². The van der Waals surface area contributed by atoms with Crippen molar-refractivity contribution in [3.63, 3.8) is 0 Å². The highest BCUT2D eigenvalue weighted by Gasteiger charge is 2.18. The van der Waals surface area contributed by atoms with Crippen LogP contribution in [0.3, 0.4) is 0 Å². The second-order valence-electron chi connectivity index (χ2n) is 4.05. The van der Waals surface area contributed by atoms with Gasteiger partial charge in [0.25, 0.3) is 0 Å². The third-order valence-corrected chi connectivity index (χ3v) is 4.56. The normalized spacial score (nSPS) is 13.6.